The number of thiophene rings is 1. The van der Waals surface area contributed by atoms with E-state index in [1.807, 2.05) is 44.2 Å². The van der Waals surface area contributed by atoms with Gasteiger partial charge in [-0.05, 0) is 58.3 Å². The van der Waals surface area contributed by atoms with Crippen molar-refractivity contribution in [3.05, 3.63) is 40.8 Å². The van der Waals surface area contributed by atoms with E-state index in [4.69, 9.17) is 17.0 Å². The maximum Gasteiger partial charge on any atom is 0.341 e. The van der Waals surface area contributed by atoms with Gasteiger partial charge in [-0.25, -0.2) is 4.79 Å². The number of hydrogen-bond donors (Lipinski definition) is 1. The first kappa shape index (κ1) is 23.4. The van der Waals surface area contributed by atoms with Gasteiger partial charge in [0.15, 0.2) is 5.11 Å². The van der Waals surface area contributed by atoms with Crippen molar-refractivity contribution in [2.75, 3.05) is 11.9 Å². The third-order valence-corrected chi connectivity index (χ3v) is 6.55. The second kappa shape index (κ2) is 10.7. The van der Waals surface area contributed by atoms with Crippen molar-refractivity contribution in [3.63, 3.8) is 0 Å². The Morgan fingerprint density at radius 3 is 2.24 bits per heavy atom. The summed E-state index contributed by atoms with van der Waals surface area (Å²) in [6.07, 6.45) is 1.99. The standard InChI is InChI=1S/C23H32N2O2S2/c1-7-15(4)25(16(5)8-2)23(28)24-21-20(22(26)27-9-3)19(17(6)29-21)18-13-11-10-12-14-18/h10-16H,7-9H2,1-6H3,(H,24,28). The van der Waals surface area contributed by atoms with E-state index >= 15 is 0 Å². The Hall–Kier alpha value is -1.92. The van der Waals surface area contributed by atoms with Gasteiger partial charge in [0.25, 0.3) is 0 Å². The van der Waals surface area contributed by atoms with Crippen molar-refractivity contribution >= 4 is 39.6 Å². The molecule has 0 fully saturated rings. The van der Waals surface area contributed by atoms with Gasteiger partial charge in [0, 0.05) is 22.5 Å². The molecule has 0 aliphatic carbocycles. The minimum atomic E-state index is -0.320. The lowest BCUT2D eigenvalue weighted by Crippen LogP contribution is -2.46. The molecule has 0 bridgehead atoms. The zero-order chi connectivity index (χ0) is 21.6. The molecular weight excluding hydrogens is 400 g/mol. The first-order valence-corrected chi connectivity index (χ1v) is 11.5. The minimum absolute atomic E-state index is 0.311. The summed E-state index contributed by atoms with van der Waals surface area (Å²) in [5.74, 6) is -0.320. The number of thiocarbonyl (C=S) groups is 1. The zero-order valence-electron chi connectivity index (χ0n) is 18.2. The smallest absolute Gasteiger partial charge is 0.341 e. The molecule has 2 atom stereocenters. The number of nitrogens with one attached hydrogen (secondary N) is 1. The molecule has 1 aromatic heterocycles. The van der Waals surface area contributed by atoms with Gasteiger partial charge in [-0.1, -0.05) is 44.2 Å². The second-order valence-electron chi connectivity index (χ2n) is 7.18. The quantitative estimate of drug-likeness (QED) is 0.381. The molecule has 1 N–H and O–H groups in total. The number of nitrogens with zero attached hydrogens (tertiary/aromatic N) is 1. The number of anilines is 1. The van der Waals surface area contributed by atoms with Gasteiger partial charge in [-0.3, -0.25) is 0 Å². The molecule has 0 saturated heterocycles. The van der Waals surface area contributed by atoms with Gasteiger partial charge in [-0.2, -0.15) is 0 Å². The van der Waals surface area contributed by atoms with Gasteiger partial charge >= 0.3 is 5.97 Å². The fourth-order valence-corrected chi connectivity index (χ4v) is 4.96. The third-order valence-electron chi connectivity index (χ3n) is 5.21. The van der Waals surface area contributed by atoms with Crippen LogP contribution in [0.25, 0.3) is 11.1 Å². The summed E-state index contributed by atoms with van der Waals surface area (Å²) in [5, 5.41) is 4.79. The number of rotatable bonds is 8. The fraction of sp³-hybridized carbons (Fsp3) is 0.478. The van der Waals surface area contributed by atoms with Crippen LogP contribution >= 0.6 is 23.6 Å². The van der Waals surface area contributed by atoms with Crippen molar-refractivity contribution in [1.29, 1.82) is 0 Å². The monoisotopic (exact) mass is 432 g/mol. The molecule has 2 aromatic rings. The molecule has 0 amide bonds. The molecule has 0 saturated carbocycles. The molecule has 0 spiro atoms. The molecule has 6 heteroatoms. The van der Waals surface area contributed by atoms with Crippen LogP contribution < -0.4 is 5.32 Å². The van der Waals surface area contributed by atoms with Gasteiger partial charge in [0.1, 0.15) is 10.6 Å². The average Bonchev–Trinajstić information content (AvgIpc) is 3.04. The number of carbonyl (C=O) groups excluding carboxylic acids is 1. The Kier molecular flexibility index (Phi) is 8.65. The van der Waals surface area contributed by atoms with Gasteiger partial charge in [0.2, 0.25) is 0 Å². The van der Waals surface area contributed by atoms with E-state index in [0.29, 0.717) is 29.4 Å². The minimum Gasteiger partial charge on any atom is -0.462 e. The van der Waals surface area contributed by atoms with Gasteiger partial charge in [-0.15, -0.1) is 11.3 Å². The summed E-state index contributed by atoms with van der Waals surface area (Å²) >= 11 is 7.34. The van der Waals surface area contributed by atoms with Crippen LogP contribution in [-0.2, 0) is 4.74 Å². The summed E-state index contributed by atoms with van der Waals surface area (Å²) in [4.78, 5) is 16.2. The van der Waals surface area contributed by atoms with Crippen molar-refractivity contribution in [2.24, 2.45) is 0 Å². The van der Waals surface area contributed by atoms with Crippen LogP contribution in [0.4, 0.5) is 5.00 Å². The predicted molar refractivity (Wildman–Crippen MR) is 128 cm³/mol. The van der Waals surface area contributed by atoms with E-state index in [9.17, 15) is 4.79 Å². The highest BCUT2D eigenvalue weighted by Gasteiger charge is 2.27. The number of ether oxygens (including phenoxy) is 1. The summed E-state index contributed by atoms with van der Waals surface area (Å²) in [5.41, 5.74) is 2.48. The van der Waals surface area contributed by atoms with Crippen LogP contribution in [-0.4, -0.2) is 34.7 Å². The van der Waals surface area contributed by atoms with Crippen LogP contribution in [0.2, 0.25) is 0 Å². The Morgan fingerprint density at radius 1 is 1.14 bits per heavy atom. The average molecular weight is 433 g/mol. The topological polar surface area (TPSA) is 41.6 Å². The number of aryl methyl sites for hydroxylation is 1. The largest absolute Gasteiger partial charge is 0.462 e. The molecule has 1 heterocycles. The van der Waals surface area contributed by atoms with Gasteiger partial charge < -0.3 is 15.0 Å². The zero-order valence-corrected chi connectivity index (χ0v) is 19.9. The molecule has 2 unspecified atom stereocenters. The molecule has 0 aliphatic heterocycles. The summed E-state index contributed by atoms with van der Waals surface area (Å²) in [7, 11) is 0. The van der Waals surface area contributed by atoms with E-state index in [-0.39, 0.29) is 5.97 Å². The molecular formula is C23H32N2O2S2. The van der Waals surface area contributed by atoms with Crippen LogP contribution in [0.3, 0.4) is 0 Å². The van der Waals surface area contributed by atoms with Crippen molar-refractivity contribution in [1.82, 2.24) is 4.90 Å². The maximum atomic E-state index is 12.9. The van der Waals surface area contributed by atoms with Crippen LogP contribution in [0.1, 0.15) is 62.7 Å². The highest BCUT2D eigenvalue weighted by molar-refractivity contribution is 7.80. The first-order chi connectivity index (χ1) is 13.8. The SMILES string of the molecule is CCOC(=O)c1c(NC(=S)N(C(C)CC)C(C)CC)sc(C)c1-c1ccccc1. The third kappa shape index (κ3) is 5.37. The van der Waals surface area contributed by atoms with Crippen molar-refractivity contribution < 1.29 is 9.53 Å². The van der Waals surface area contributed by atoms with Crippen LogP contribution in [0.5, 0.6) is 0 Å². The van der Waals surface area contributed by atoms with Crippen molar-refractivity contribution in [2.45, 2.75) is 66.5 Å². The first-order valence-electron chi connectivity index (χ1n) is 10.3. The van der Waals surface area contributed by atoms with Crippen molar-refractivity contribution in [3.8, 4) is 11.1 Å². The summed E-state index contributed by atoms with van der Waals surface area (Å²) in [6, 6.07) is 10.6. The number of benzene rings is 1. The van der Waals surface area contributed by atoms with E-state index in [2.05, 4.69) is 37.9 Å². The van der Waals surface area contributed by atoms with Crippen LogP contribution in [0.15, 0.2) is 30.3 Å². The molecule has 158 valence electrons. The van der Waals surface area contributed by atoms with E-state index in [0.717, 1.165) is 33.8 Å². The number of carbonyl (C=O) groups is 1. The van der Waals surface area contributed by atoms with Gasteiger partial charge in [0.05, 0.1) is 6.61 Å². The maximum absolute atomic E-state index is 12.9. The highest BCUT2D eigenvalue weighted by Crippen LogP contribution is 2.40. The molecule has 0 radical (unpaired) electrons. The Labute approximate surface area is 184 Å². The highest BCUT2D eigenvalue weighted by atomic mass is 32.1. The normalized spacial score (nSPS) is 12.9. The summed E-state index contributed by atoms with van der Waals surface area (Å²) in [6.45, 7) is 12.9. The van der Waals surface area contributed by atoms with E-state index in [1.54, 1.807) is 11.3 Å². The number of esters is 1. The Bertz CT molecular complexity index is 823. The Balaban J connectivity index is 2.49. The molecule has 0 aliphatic rings. The second-order valence-corrected chi connectivity index (χ2v) is 8.79. The predicted octanol–water partition coefficient (Wildman–Crippen LogP) is 6.50. The number of hydrogen-bond acceptors (Lipinski definition) is 4. The Morgan fingerprint density at radius 2 is 1.72 bits per heavy atom. The lowest BCUT2D eigenvalue weighted by atomic mass is 10.0. The fourth-order valence-electron chi connectivity index (χ4n) is 3.37. The van der Waals surface area contributed by atoms with E-state index in [1.165, 1.54) is 0 Å². The molecule has 4 nitrogen and oxygen atoms in total. The van der Waals surface area contributed by atoms with Crippen LogP contribution in [0, 0.1) is 6.92 Å². The molecule has 1 aromatic carbocycles. The molecule has 2 rings (SSSR count). The molecule has 29 heavy (non-hydrogen) atoms. The lowest BCUT2D eigenvalue weighted by Gasteiger charge is -2.36. The van der Waals surface area contributed by atoms with E-state index < -0.39 is 0 Å². The lowest BCUT2D eigenvalue weighted by molar-refractivity contribution is 0.0529. The summed E-state index contributed by atoms with van der Waals surface area (Å²) < 4.78 is 5.39.